The van der Waals surface area contributed by atoms with E-state index in [1.54, 1.807) is 24.3 Å². The summed E-state index contributed by atoms with van der Waals surface area (Å²) in [7, 11) is 0. The van der Waals surface area contributed by atoms with E-state index in [-0.39, 0.29) is 60.2 Å². The second-order valence-electron chi connectivity index (χ2n) is 7.41. The summed E-state index contributed by atoms with van der Waals surface area (Å²) in [6, 6.07) is 6.25. The largest absolute Gasteiger partial charge is 0.507 e. The van der Waals surface area contributed by atoms with Gasteiger partial charge in [0.2, 0.25) is 0 Å². The van der Waals surface area contributed by atoms with Crippen molar-refractivity contribution in [3.05, 3.63) is 46.5 Å². The van der Waals surface area contributed by atoms with Gasteiger partial charge < -0.3 is 29.2 Å². The summed E-state index contributed by atoms with van der Waals surface area (Å²) in [5.41, 5.74) is 2.04. The molecule has 0 radical (unpaired) electrons. The average Bonchev–Trinajstić information content (AvgIpc) is 2.75. The highest BCUT2D eigenvalue weighted by Crippen LogP contribution is 2.35. The van der Waals surface area contributed by atoms with Gasteiger partial charge in [0.05, 0.1) is 0 Å². The van der Waals surface area contributed by atoms with E-state index in [0.717, 1.165) is 0 Å². The lowest BCUT2D eigenvalue weighted by Crippen LogP contribution is -2.05. The van der Waals surface area contributed by atoms with E-state index in [2.05, 4.69) is 0 Å². The van der Waals surface area contributed by atoms with Crippen molar-refractivity contribution in [2.45, 2.75) is 54.1 Å². The smallest absolute Gasteiger partial charge is 0.302 e. The third kappa shape index (κ3) is 7.51. The van der Waals surface area contributed by atoms with Crippen LogP contribution in [0, 0.1) is 0 Å². The molecule has 0 aliphatic carbocycles. The molecule has 2 rings (SSSR count). The monoisotopic (exact) mass is 474 g/mol. The van der Waals surface area contributed by atoms with Crippen LogP contribution in [0.2, 0.25) is 0 Å². The number of phenols is 2. The van der Waals surface area contributed by atoms with Crippen molar-refractivity contribution in [2.75, 3.05) is 0 Å². The first-order chi connectivity index (χ1) is 16.0. The van der Waals surface area contributed by atoms with Gasteiger partial charge in [-0.25, -0.2) is 0 Å². The zero-order valence-electron chi connectivity index (χ0n) is 19.3. The van der Waals surface area contributed by atoms with Gasteiger partial charge in [-0.3, -0.25) is 19.2 Å². The average molecular weight is 474 g/mol. The number of carbonyl (C=O) groups is 4. The van der Waals surface area contributed by atoms with Crippen molar-refractivity contribution in [3.8, 4) is 22.6 Å². The number of benzene rings is 2. The minimum atomic E-state index is -0.552. The van der Waals surface area contributed by atoms with Crippen LogP contribution in [0.5, 0.6) is 11.5 Å². The fourth-order valence-electron chi connectivity index (χ4n) is 3.01. The Kier molecular flexibility index (Phi) is 9.00. The topological polar surface area (TPSA) is 146 Å². The molecule has 0 aromatic heterocycles. The molecule has 0 fully saturated rings. The van der Waals surface area contributed by atoms with Crippen LogP contribution in [-0.2, 0) is 64.6 Å². The molecule has 0 bridgehead atoms. The number of ether oxygens (including phenoxy) is 4. The second-order valence-corrected chi connectivity index (χ2v) is 7.41. The quantitative estimate of drug-likeness (QED) is 0.411. The van der Waals surface area contributed by atoms with Crippen molar-refractivity contribution in [2.24, 2.45) is 0 Å². The first-order valence-electron chi connectivity index (χ1n) is 10.2. The second kappa shape index (κ2) is 11.7. The maximum atomic E-state index is 11.3. The van der Waals surface area contributed by atoms with E-state index in [0.29, 0.717) is 11.1 Å². The molecule has 0 saturated heterocycles. The highest BCUT2D eigenvalue weighted by Gasteiger charge is 2.17. The summed E-state index contributed by atoms with van der Waals surface area (Å²) in [5.74, 6) is -2.62. The van der Waals surface area contributed by atoms with Crippen molar-refractivity contribution in [1.82, 2.24) is 0 Å². The van der Waals surface area contributed by atoms with E-state index in [1.165, 1.54) is 27.7 Å². The van der Waals surface area contributed by atoms with Crippen LogP contribution >= 0.6 is 0 Å². The normalized spacial score (nSPS) is 10.4. The fraction of sp³-hybridized carbons (Fsp3) is 0.333. The minimum Gasteiger partial charge on any atom is -0.507 e. The molecular weight excluding hydrogens is 448 g/mol. The number of carbonyl (C=O) groups excluding carboxylic acids is 4. The van der Waals surface area contributed by atoms with Gasteiger partial charge in [0.1, 0.15) is 37.9 Å². The third-order valence-corrected chi connectivity index (χ3v) is 4.59. The number of aromatic hydroxyl groups is 2. The zero-order chi connectivity index (χ0) is 25.4. The molecule has 34 heavy (non-hydrogen) atoms. The number of esters is 4. The van der Waals surface area contributed by atoms with E-state index in [1.807, 2.05) is 0 Å². The van der Waals surface area contributed by atoms with Crippen LogP contribution < -0.4 is 0 Å². The van der Waals surface area contributed by atoms with Crippen LogP contribution in [0.25, 0.3) is 11.1 Å². The third-order valence-electron chi connectivity index (χ3n) is 4.59. The highest BCUT2D eigenvalue weighted by atomic mass is 16.5. The van der Waals surface area contributed by atoms with Crippen molar-refractivity contribution in [3.63, 3.8) is 0 Å². The van der Waals surface area contributed by atoms with E-state index in [9.17, 15) is 29.4 Å². The number of hydrogen-bond donors (Lipinski definition) is 2. The van der Waals surface area contributed by atoms with E-state index in [4.69, 9.17) is 18.9 Å². The van der Waals surface area contributed by atoms with Crippen molar-refractivity contribution >= 4 is 23.9 Å². The Bertz CT molecular complexity index is 937. The summed E-state index contributed by atoms with van der Waals surface area (Å²) in [4.78, 5) is 45.1. The highest BCUT2D eigenvalue weighted by molar-refractivity contribution is 5.72. The first kappa shape index (κ1) is 26.2. The predicted octanol–water partition coefficient (Wildman–Crippen LogP) is 3.02. The number of rotatable bonds is 9. The molecule has 0 heterocycles. The molecule has 0 unspecified atom stereocenters. The van der Waals surface area contributed by atoms with Crippen LogP contribution in [0.3, 0.4) is 0 Å². The Morgan fingerprint density at radius 2 is 0.735 bits per heavy atom. The maximum absolute atomic E-state index is 11.3. The lowest BCUT2D eigenvalue weighted by Gasteiger charge is -2.16. The van der Waals surface area contributed by atoms with Crippen LogP contribution in [0.1, 0.15) is 49.9 Å². The molecule has 2 aromatic carbocycles. The summed E-state index contributed by atoms with van der Waals surface area (Å²) in [6.07, 6.45) is 0. The molecule has 0 aliphatic heterocycles. The summed E-state index contributed by atoms with van der Waals surface area (Å²) < 4.78 is 20.1. The molecule has 10 nitrogen and oxygen atoms in total. The number of phenolic OH excluding ortho intramolecular Hbond substituents is 2. The minimum absolute atomic E-state index is 0.203. The molecule has 0 aliphatic rings. The van der Waals surface area contributed by atoms with Gasteiger partial charge >= 0.3 is 23.9 Å². The predicted molar refractivity (Wildman–Crippen MR) is 117 cm³/mol. The summed E-state index contributed by atoms with van der Waals surface area (Å²) in [6.45, 7) is 3.96. The molecule has 182 valence electrons. The first-order valence-corrected chi connectivity index (χ1v) is 10.2. The van der Waals surface area contributed by atoms with Gasteiger partial charge in [-0.2, -0.15) is 0 Å². The molecule has 0 atom stereocenters. The lowest BCUT2D eigenvalue weighted by atomic mass is 9.95. The Balaban J connectivity index is 2.62. The van der Waals surface area contributed by atoms with Crippen molar-refractivity contribution < 1.29 is 48.3 Å². The van der Waals surface area contributed by atoms with E-state index >= 15 is 0 Å². The maximum Gasteiger partial charge on any atom is 0.302 e. The van der Waals surface area contributed by atoms with Crippen LogP contribution in [0.4, 0.5) is 0 Å². The summed E-state index contributed by atoms with van der Waals surface area (Å²) >= 11 is 0. The van der Waals surface area contributed by atoms with E-state index < -0.39 is 23.9 Å². The molecular formula is C24H26O10. The van der Waals surface area contributed by atoms with Gasteiger partial charge in [0.25, 0.3) is 0 Å². The number of hydrogen-bond acceptors (Lipinski definition) is 10. The van der Waals surface area contributed by atoms with Gasteiger partial charge in [0, 0.05) is 49.9 Å². The molecule has 10 heteroatoms. The van der Waals surface area contributed by atoms with Crippen LogP contribution in [0.15, 0.2) is 24.3 Å². The summed E-state index contributed by atoms with van der Waals surface area (Å²) in [5, 5.41) is 21.2. The Labute approximate surface area is 196 Å². The van der Waals surface area contributed by atoms with Gasteiger partial charge in [0.15, 0.2) is 0 Å². The molecule has 2 N–H and O–H groups in total. The Morgan fingerprint density at radius 1 is 0.529 bits per heavy atom. The molecule has 2 aromatic rings. The SMILES string of the molecule is CC(=O)OCc1cc(-c2cc(COC(C)=O)c(O)c(COC(C)=O)c2)cc(COC(C)=O)c1O. The standard InChI is InChI=1S/C24H26O10/c1-13(25)31-9-19-5-17(6-20(23(19)29)10-32-14(2)26)18-7-21(11-33-15(3)27)24(30)22(8-18)12-34-16(4)28/h5-8,29-30H,9-12H2,1-4H3. The Hall–Kier alpha value is -4.08. The molecule has 0 spiro atoms. The van der Waals surface area contributed by atoms with Gasteiger partial charge in [-0.05, 0) is 35.4 Å². The zero-order valence-corrected chi connectivity index (χ0v) is 19.3. The fourth-order valence-corrected chi connectivity index (χ4v) is 3.01. The van der Waals surface area contributed by atoms with Crippen molar-refractivity contribution in [1.29, 1.82) is 0 Å². The molecule has 0 amide bonds. The molecule has 0 saturated carbocycles. The van der Waals surface area contributed by atoms with Gasteiger partial charge in [-0.15, -0.1) is 0 Å². The lowest BCUT2D eigenvalue weighted by molar-refractivity contribution is -0.143. The van der Waals surface area contributed by atoms with Crippen LogP contribution in [-0.4, -0.2) is 34.1 Å². The Morgan fingerprint density at radius 3 is 0.912 bits per heavy atom. The van der Waals surface area contributed by atoms with Gasteiger partial charge in [-0.1, -0.05) is 0 Å².